The Labute approximate surface area is 167 Å². The van der Waals surface area contributed by atoms with E-state index in [9.17, 15) is 4.79 Å². The van der Waals surface area contributed by atoms with E-state index in [1.807, 2.05) is 42.5 Å². The molecule has 1 aliphatic heterocycles. The Bertz CT molecular complexity index is 758. The van der Waals surface area contributed by atoms with Gasteiger partial charge in [0.15, 0.2) is 0 Å². The molecule has 150 valence electrons. The first-order valence-corrected chi connectivity index (χ1v) is 9.80. The maximum atomic E-state index is 12.6. The Morgan fingerprint density at radius 3 is 2.43 bits per heavy atom. The van der Waals surface area contributed by atoms with E-state index < -0.39 is 0 Å². The van der Waals surface area contributed by atoms with Crippen molar-refractivity contribution >= 4 is 17.4 Å². The third kappa shape index (κ3) is 5.31. The lowest BCUT2D eigenvalue weighted by molar-refractivity contribution is 0.207. The molecule has 6 heteroatoms. The van der Waals surface area contributed by atoms with Crippen molar-refractivity contribution in [3.05, 3.63) is 48.5 Å². The topological polar surface area (TPSA) is 54.0 Å². The molecule has 0 aliphatic carbocycles. The lowest BCUT2D eigenvalue weighted by Crippen LogP contribution is -2.35. The number of piperidine rings is 1. The molecule has 0 saturated carbocycles. The summed E-state index contributed by atoms with van der Waals surface area (Å²) in [6.45, 7) is 2.99. The van der Waals surface area contributed by atoms with E-state index >= 15 is 0 Å². The van der Waals surface area contributed by atoms with Gasteiger partial charge in [0.1, 0.15) is 18.1 Å². The van der Waals surface area contributed by atoms with Gasteiger partial charge in [-0.3, -0.25) is 0 Å². The van der Waals surface area contributed by atoms with Gasteiger partial charge < -0.3 is 24.6 Å². The maximum absolute atomic E-state index is 12.6. The Balaban J connectivity index is 1.51. The number of para-hydroxylation sites is 2. The molecular formula is C22H29N3O3. The van der Waals surface area contributed by atoms with E-state index in [0.717, 1.165) is 36.0 Å². The van der Waals surface area contributed by atoms with Gasteiger partial charge in [0.2, 0.25) is 0 Å². The lowest BCUT2D eigenvalue weighted by Gasteiger charge is -2.31. The van der Waals surface area contributed by atoms with Crippen molar-refractivity contribution in [2.45, 2.75) is 19.3 Å². The Morgan fingerprint density at radius 2 is 1.71 bits per heavy atom. The molecular weight excluding hydrogens is 354 g/mol. The van der Waals surface area contributed by atoms with E-state index in [-0.39, 0.29) is 6.03 Å². The van der Waals surface area contributed by atoms with Crippen molar-refractivity contribution in [3.63, 3.8) is 0 Å². The monoisotopic (exact) mass is 383 g/mol. The zero-order valence-corrected chi connectivity index (χ0v) is 16.7. The molecule has 28 heavy (non-hydrogen) atoms. The van der Waals surface area contributed by atoms with Crippen LogP contribution in [0.25, 0.3) is 0 Å². The highest BCUT2D eigenvalue weighted by Crippen LogP contribution is 2.28. The number of ether oxygens (including phenoxy) is 2. The number of hydrogen-bond donors (Lipinski definition) is 1. The number of likely N-dealkylation sites (N-methyl/N-ethyl adjacent to an activating group) is 1. The van der Waals surface area contributed by atoms with Crippen LogP contribution >= 0.6 is 0 Å². The van der Waals surface area contributed by atoms with Crippen LogP contribution in [0.3, 0.4) is 0 Å². The number of nitrogens with one attached hydrogen (secondary N) is 1. The number of urea groups is 1. The van der Waals surface area contributed by atoms with Crippen molar-refractivity contribution in [1.82, 2.24) is 4.90 Å². The molecule has 0 spiro atoms. The van der Waals surface area contributed by atoms with Crippen molar-refractivity contribution in [2.24, 2.45) is 0 Å². The number of rotatable bonds is 7. The quantitative estimate of drug-likeness (QED) is 0.777. The molecule has 0 unspecified atom stereocenters. The van der Waals surface area contributed by atoms with Crippen LogP contribution in [0.4, 0.5) is 16.2 Å². The second-order valence-electron chi connectivity index (χ2n) is 6.94. The van der Waals surface area contributed by atoms with E-state index in [1.165, 1.54) is 19.3 Å². The number of methoxy groups -OCH3 is 1. The fourth-order valence-corrected chi connectivity index (χ4v) is 3.27. The number of benzene rings is 2. The molecule has 1 heterocycles. The fourth-order valence-electron chi connectivity index (χ4n) is 3.27. The second kappa shape index (κ2) is 9.88. The molecule has 0 bridgehead atoms. The molecule has 1 N–H and O–H groups in total. The standard InChI is InChI=1S/C22H29N3O3/c1-24(16-17-28-19-12-10-18(27-2)11-13-19)22(26)23-20-8-4-5-9-21(20)25-14-6-3-7-15-25/h4-5,8-13H,3,6-7,14-17H2,1-2H3,(H,23,26). The zero-order valence-electron chi connectivity index (χ0n) is 16.7. The smallest absolute Gasteiger partial charge is 0.321 e. The molecule has 2 aromatic carbocycles. The van der Waals surface area contributed by atoms with Crippen LogP contribution < -0.4 is 19.7 Å². The first-order chi connectivity index (χ1) is 13.7. The molecule has 0 radical (unpaired) electrons. The Kier molecular flexibility index (Phi) is 7.00. The van der Waals surface area contributed by atoms with Gasteiger partial charge in [0.25, 0.3) is 0 Å². The van der Waals surface area contributed by atoms with Crippen LogP contribution in [0.1, 0.15) is 19.3 Å². The molecule has 0 atom stereocenters. The SMILES string of the molecule is COc1ccc(OCCN(C)C(=O)Nc2ccccc2N2CCCCC2)cc1. The first-order valence-electron chi connectivity index (χ1n) is 9.80. The molecule has 2 amide bonds. The molecule has 1 saturated heterocycles. The van der Waals surface area contributed by atoms with E-state index in [0.29, 0.717) is 13.2 Å². The summed E-state index contributed by atoms with van der Waals surface area (Å²) in [6.07, 6.45) is 3.68. The lowest BCUT2D eigenvalue weighted by atomic mass is 10.1. The summed E-state index contributed by atoms with van der Waals surface area (Å²) in [4.78, 5) is 16.6. The number of carbonyl (C=O) groups excluding carboxylic acids is 1. The van der Waals surface area contributed by atoms with E-state index in [4.69, 9.17) is 9.47 Å². The van der Waals surface area contributed by atoms with E-state index in [1.54, 1.807) is 19.1 Å². The Morgan fingerprint density at radius 1 is 1.04 bits per heavy atom. The molecule has 6 nitrogen and oxygen atoms in total. The summed E-state index contributed by atoms with van der Waals surface area (Å²) in [5.41, 5.74) is 1.95. The van der Waals surface area contributed by atoms with Crippen LogP contribution in [0.15, 0.2) is 48.5 Å². The fraction of sp³-hybridized carbons (Fsp3) is 0.409. The van der Waals surface area contributed by atoms with Gasteiger partial charge in [-0.2, -0.15) is 0 Å². The summed E-state index contributed by atoms with van der Waals surface area (Å²) in [5, 5.41) is 3.04. The number of hydrogen-bond acceptors (Lipinski definition) is 4. The second-order valence-corrected chi connectivity index (χ2v) is 6.94. The molecule has 1 aliphatic rings. The molecule has 1 fully saturated rings. The molecule has 2 aromatic rings. The number of carbonyl (C=O) groups is 1. The van der Waals surface area contributed by atoms with Crippen molar-refractivity contribution in [2.75, 3.05) is 50.6 Å². The number of anilines is 2. The number of amides is 2. The summed E-state index contributed by atoms with van der Waals surface area (Å²) in [5.74, 6) is 1.54. The van der Waals surface area contributed by atoms with Gasteiger partial charge in [-0.15, -0.1) is 0 Å². The highest BCUT2D eigenvalue weighted by molar-refractivity contribution is 5.93. The predicted octanol–water partition coefficient (Wildman–Crippen LogP) is 4.23. The minimum Gasteiger partial charge on any atom is -0.497 e. The maximum Gasteiger partial charge on any atom is 0.321 e. The van der Waals surface area contributed by atoms with Crippen LogP contribution in [0.2, 0.25) is 0 Å². The van der Waals surface area contributed by atoms with Gasteiger partial charge in [-0.25, -0.2) is 4.79 Å². The minimum absolute atomic E-state index is 0.136. The third-order valence-corrected chi connectivity index (χ3v) is 4.94. The van der Waals surface area contributed by atoms with E-state index in [2.05, 4.69) is 16.3 Å². The van der Waals surface area contributed by atoms with Gasteiger partial charge in [0.05, 0.1) is 25.0 Å². The summed E-state index contributed by atoms with van der Waals surface area (Å²) < 4.78 is 10.8. The first kappa shape index (κ1) is 19.9. The zero-order chi connectivity index (χ0) is 19.8. The van der Waals surface area contributed by atoms with Crippen LogP contribution in [-0.2, 0) is 0 Å². The van der Waals surface area contributed by atoms with Crippen molar-refractivity contribution in [1.29, 1.82) is 0 Å². The average molecular weight is 383 g/mol. The minimum atomic E-state index is -0.136. The number of nitrogens with zero attached hydrogens (tertiary/aromatic N) is 2. The largest absolute Gasteiger partial charge is 0.497 e. The van der Waals surface area contributed by atoms with Crippen LogP contribution in [0, 0.1) is 0 Å². The highest BCUT2D eigenvalue weighted by Gasteiger charge is 2.16. The third-order valence-electron chi connectivity index (χ3n) is 4.94. The molecule has 0 aromatic heterocycles. The van der Waals surface area contributed by atoms with Crippen LogP contribution in [-0.4, -0.2) is 51.3 Å². The molecule has 3 rings (SSSR count). The predicted molar refractivity (Wildman–Crippen MR) is 113 cm³/mol. The normalized spacial score (nSPS) is 13.7. The summed E-state index contributed by atoms with van der Waals surface area (Å²) in [6, 6.07) is 15.3. The van der Waals surface area contributed by atoms with Gasteiger partial charge in [-0.05, 0) is 55.7 Å². The average Bonchev–Trinajstić information content (AvgIpc) is 2.75. The van der Waals surface area contributed by atoms with Crippen molar-refractivity contribution < 1.29 is 14.3 Å². The van der Waals surface area contributed by atoms with Crippen LogP contribution in [0.5, 0.6) is 11.5 Å². The van der Waals surface area contributed by atoms with Crippen molar-refractivity contribution in [3.8, 4) is 11.5 Å². The highest BCUT2D eigenvalue weighted by atomic mass is 16.5. The van der Waals surface area contributed by atoms with Gasteiger partial charge >= 0.3 is 6.03 Å². The van der Waals surface area contributed by atoms with Gasteiger partial charge in [0, 0.05) is 20.1 Å². The summed E-state index contributed by atoms with van der Waals surface area (Å²) >= 11 is 0. The van der Waals surface area contributed by atoms with Gasteiger partial charge in [-0.1, -0.05) is 12.1 Å². The Hall–Kier alpha value is -2.89. The summed E-state index contributed by atoms with van der Waals surface area (Å²) in [7, 11) is 3.41.